The van der Waals surface area contributed by atoms with Crippen LogP contribution in [-0.4, -0.2) is 32.4 Å². The van der Waals surface area contributed by atoms with Crippen LogP contribution in [0, 0.1) is 11.3 Å². The Bertz CT molecular complexity index is 1270. The number of nitriles is 1. The zero-order valence-electron chi connectivity index (χ0n) is 18.6. The van der Waals surface area contributed by atoms with Gasteiger partial charge in [0.2, 0.25) is 17.7 Å². The van der Waals surface area contributed by atoms with E-state index in [2.05, 4.69) is 26.7 Å². The van der Waals surface area contributed by atoms with Crippen molar-refractivity contribution in [1.82, 2.24) is 25.3 Å². The minimum absolute atomic E-state index is 0.0439. The Kier molecular flexibility index (Phi) is 7.30. The summed E-state index contributed by atoms with van der Waals surface area (Å²) in [6.45, 7) is 0.487. The molecule has 2 aromatic heterocycles. The van der Waals surface area contributed by atoms with Crippen LogP contribution < -0.4 is 11.1 Å². The van der Waals surface area contributed by atoms with Crippen LogP contribution in [0.5, 0.6) is 0 Å². The second-order valence-electron chi connectivity index (χ2n) is 7.74. The summed E-state index contributed by atoms with van der Waals surface area (Å²) < 4.78 is 7.24. The Morgan fingerprint density at radius 1 is 1.03 bits per heavy atom. The predicted octanol–water partition coefficient (Wildman–Crippen LogP) is 3.45. The predicted molar refractivity (Wildman–Crippen MR) is 127 cm³/mol. The molecule has 2 heterocycles. The number of aryl methyl sites for hydroxylation is 2. The van der Waals surface area contributed by atoms with Crippen LogP contribution in [0.15, 0.2) is 65.1 Å². The molecule has 0 aliphatic heterocycles. The van der Waals surface area contributed by atoms with Gasteiger partial charge in [-0.25, -0.2) is 4.68 Å². The highest BCUT2D eigenvalue weighted by atomic mass is 16.4. The minimum Gasteiger partial charge on any atom is -0.421 e. The first-order valence-corrected chi connectivity index (χ1v) is 11.1. The summed E-state index contributed by atoms with van der Waals surface area (Å²) >= 11 is 0. The standard InChI is InChI=1S/C25H25N7O2/c26-17-20-21(31-32(24(20)27)19-11-5-2-6-12-19)13-8-16-28-22(33)14-7-15-23-29-30-25(34-23)18-9-3-1-4-10-18/h1-6,9-12H,7-8,13-16,27H2,(H,28,33). The molecular weight excluding hydrogens is 430 g/mol. The van der Waals surface area contributed by atoms with Crippen LogP contribution in [0.4, 0.5) is 5.82 Å². The maximum Gasteiger partial charge on any atom is 0.247 e. The van der Waals surface area contributed by atoms with Crippen LogP contribution in [-0.2, 0) is 17.6 Å². The van der Waals surface area contributed by atoms with E-state index in [-0.39, 0.29) is 5.91 Å². The van der Waals surface area contributed by atoms with Gasteiger partial charge < -0.3 is 15.5 Å². The van der Waals surface area contributed by atoms with E-state index in [1.807, 2.05) is 60.7 Å². The van der Waals surface area contributed by atoms with Gasteiger partial charge in [-0.15, -0.1) is 10.2 Å². The lowest BCUT2D eigenvalue weighted by molar-refractivity contribution is -0.121. The molecule has 0 aliphatic rings. The Hall–Kier alpha value is -4.45. The number of anilines is 1. The molecule has 0 bridgehead atoms. The van der Waals surface area contributed by atoms with Gasteiger partial charge in [-0.1, -0.05) is 36.4 Å². The molecule has 0 spiro atoms. The Balaban J connectivity index is 1.20. The maximum absolute atomic E-state index is 12.2. The Labute approximate surface area is 197 Å². The number of amides is 1. The normalized spacial score (nSPS) is 10.7. The van der Waals surface area contributed by atoms with Crippen molar-refractivity contribution in [3.8, 4) is 23.2 Å². The third kappa shape index (κ3) is 5.48. The van der Waals surface area contributed by atoms with Crippen LogP contribution in [0.1, 0.15) is 36.4 Å². The molecule has 0 aliphatic carbocycles. The summed E-state index contributed by atoms with van der Waals surface area (Å²) in [5.41, 5.74) is 8.80. The largest absolute Gasteiger partial charge is 0.421 e. The van der Waals surface area contributed by atoms with E-state index >= 15 is 0 Å². The highest BCUT2D eigenvalue weighted by molar-refractivity contribution is 5.75. The van der Waals surface area contributed by atoms with E-state index in [4.69, 9.17) is 10.2 Å². The van der Waals surface area contributed by atoms with Crippen molar-refractivity contribution in [1.29, 1.82) is 5.26 Å². The van der Waals surface area contributed by atoms with Crippen molar-refractivity contribution in [2.45, 2.75) is 32.1 Å². The van der Waals surface area contributed by atoms with Crippen molar-refractivity contribution in [3.05, 3.63) is 77.8 Å². The molecule has 0 saturated heterocycles. The number of para-hydroxylation sites is 1. The number of rotatable bonds is 10. The van der Waals surface area contributed by atoms with Crippen molar-refractivity contribution in [3.63, 3.8) is 0 Å². The average Bonchev–Trinajstić information content (AvgIpc) is 3.47. The molecule has 4 aromatic rings. The van der Waals surface area contributed by atoms with Crippen molar-refractivity contribution in [2.75, 3.05) is 12.3 Å². The van der Waals surface area contributed by atoms with E-state index in [0.29, 0.717) is 67.5 Å². The molecule has 0 fully saturated rings. The quantitative estimate of drug-likeness (QED) is 0.350. The molecule has 9 heteroatoms. The van der Waals surface area contributed by atoms with Crippen molar-refractivity contribution < 1.29 is 9.21 Å². The van der Waals surface area contributed by atoms with Gasteiger partial charge in [0, 0.05) is 24.9 Å². The van der Waals surface area contributed by atoms with Gasteiger partial charge in [0.05, 0.1) is 11.4 Å². The lowest BCUT2D eigenvalue weighted by Crippen LogP contribution is -2.24. The molecule has 4 rings (SSSR count). The molecule has 34 heavy (non-hydrogen) atoms. The first-order valence-electron chi connectivity index (χ1n) is 11.1. The summed E-state index contributed by atoms with van der Waals surface area (Å²) in [6, 6.07) is 21.1. The van der Waals surface area contributed by atoms with Crippen LogP contribution in [0.25, 0.3) is 17.1 Å². The van der Waals surface area contributed by atoms with Gasteiger partial charge in [0.25, 0.3) is 0 Å². The van der Waals surface area contributed by atoms with E-state index in [1.54, 1.807) is 4.68 Å². The number of aromatic nitrogens is 4. The number of carbonyl (C=O) groups is 1. The van der Waals surface area contributed by atoms with Gasteiger partial charge in [-0.05, 0) is 43.5 Å². The highest BCUT2D eigenvalue weighted by Gasteiger charge is 2.16. The molecule has 0 atom stereocenters. The summed E-state index contributed by atoms with van der Waals surface area (Å²) in [7, 11) is 0. The summed E-state index contributed by atoms with van der Waals surface area (Å²) in [5.74, 6) is 1.27. The Morgan fingerprint density at radius 3 is 2.50 bits per heavy atom. The smallest absolute Gasteiger partial charge is 0.247 e. The number of hydrogen-bond donors (Lipinski definition) is 2. The van der Waals surface area contributed by atoms with Crippen molar-refractivity contribution >= 4 is 11.7 Å². The Morgan fingerprint density at radius 2 is 1.76 bits per heavy atom. The van der Waals surface area contributed by atoms with E-state index in [9.17, 15) is 10.1 Å². The highest BCUT2D eigenvalue weighted by Crippen LogP contribution is 2.21. The molecule has 2 aromatic carbocycles. The number of nitrogens with zero attached hydrogens (tertiary/aromatic N) is 5. The number of benzene rings is 2. The number of nitrogens with one attached hydrogen (secondary N) is 1. The summed E-state index contributed by atoms with van der Waals surface area (Å²) in [6.07, 6.45) is 2.70. The lowest BCUT2D eigenvalue weighted by Gasteiger charge is -2.04. The maximum atomic E-state index is 12.2. The van der Waals surface area contributed by atoms with Gasteiger partial charge in [-0.3, -0.25) is 4.79 Å². The first kappa shape index (κ1) is 22.7. The third-order valence-electron chi connectivity index (χ3n) is 5.30. The van der Waals surface area contributed by atoms with Gasteiger partial charge in [0.1, 0.15) is 17.5 Å². The van der Waals surface area contributed by atoms with Gasteiger partial charge in [0.15, 0.2) is 0 Å². The van der Waals surface area contributed by atoms with E-state index in [1.165, 1.54) is 0 Å². The second-order valence-corrected chi connectivity index (χ2v) is 7.74. The van der Waals surface area contributed by atoms with Crippen LogP contribution in [0.2, 0.25) is 0 Å². The zero-order valence-corrected chi connectivity index (χ0v) is 18.6. The fourth-order valence-corrected chi connectivity index (χ4v) is 3.57. The molecule has 172 valence electrons. The molecule has 9 nitrogen and oxygen atoms in total. The van der Waals surface area contributed by atoms with E-state index < -0.39 is 0 Å². The molecule has 3 N–H and O–H groups in total. The van der Waals surface area contributed by atoms with Crippen molar-refractivity contribution in [2.24, 2.45) is 0 Å². The molecule has 0 unspecified atom stereocenters. The molecule has 1 amide bonds. The topological polar surface area (TPSA) is 136 Å². The first-order chi connectivity index (χ1) is 16.7. The van der Waals surface area contributed by atoms with Gasteiger partial charge >= 0.3 is 0 Å². The molecular formula is C25H25N7O2. The number of nitrogens with two attached hydrogens (primary N) is 1. The van der Waals surface area contributed by atoms with Crippen LogP contribution >= 0.6 is 0 Å². The molecule has 0 saturated carbocycles. The lowest BCUT2D eigenvalue weighted by atomic mass is 10.1. The number of nitrogen functional groups attached to an aromatic ring is 1. The fourth-order valence-electron chi connectivity index (χ4n) is 3.57. The van der Waals surface area contributed by atoms with Crippen LogP contribution in [0.3, 0.4) is 0 Å². The second kappa shape index (κ2) is 10.9. The average molecular weight is 456 g/mol. The summed E-state index contributed by atoms with van der Waals surface area (Å²) in [5, 5.41) is 25.0. The SMILES string of the molecule is N#Cc1c(CCCNC(=O)CCCc2nnc(-c3ccccc3)o2)nn(-c2ccccc2)c1N. The number of carbonyl (C=O) groups excluding carboxylic acids is 1. The fraction of sp³-hybridized carbons (Fsp3) is 0.240. The zero-order chi connectivity index (χ0) is 23.8. The third-order valence-corrected chi connectivity index (χ3v) is 5.30. The number of hydrogen-bond acceptors (Lipinski definition) is 7. The van der Waals surface area contributed by atoms with E-state index in [0.717, 1.165) is 11.3 Å². The summed E-state index contributed by atoms with van der Waals surface area (Å²) in [4.78, 5) is 12.2. The monoisotopic (exact) mass is 455 g/mol. The van der Waals surface area contributed by atoms with Gasteiger partial charge in [-0.2, -0.15) is 10.4 Å². The minimum atomic E-state index is -0.0439. The molecule has 0 radical (unpaired) electrons.